The van der Waals surface area contributed by atoms with Crippen LogP contribution in [0.4, 0.5) is 5.69 Å². The summed E-state index contributed by atoms with van der Waals surface area (Å²) in [5, 5.41) is 0. The zero-order chi connectivity index (χ0) is 14.8. The molecule has 0 aliphatic heterocycles. The van der Waals surface area contributed by atoms with Gasteiger partial charge in [0.2, 0.25) is 10.0 Å². The maximum atomic E-state index is 12.4. The molecule has 112 valence electrons. The predicted octanol–water partition coefficient (Wildman–Crippen LogP) is 3.28. The molecule has 0 saturated heterocycles. The van der Waals surface area contributed by atoms with Gasteiger partial charge in [-0.05, 0) is 36.5 Å². The Labute approximate surface area is 129 Å². The van der Waals surface area contributed by atoms with E-state index >= 15 is 0 Å². The minimum atomic E-state index is -3.56. The number of sulfonamides is 1. The Hall–Kier alpha value is -0.590. The van der Waals surface area contributed by atoms with Crippen LogP contribution in [0.2, 0.25) is 0 Å². The van der Waals surface area contributed by atoms with Gasteiger partial charge in [-0.25, -0.2) is 13.1 Å². The van der Waals surface area contributed by atoms with Crippen LogP contribution in [-0.4, -0.2) is 15.0 Å². The van der Waals surface area contributed by atoms with Crippen molar-refractivity contribution in [1.29, 1.82) is 0 Å². The van der Waals surface area contributed by atoms with E-state index in [9.17, 15) is 8.42 Å². The third-order valence-corrected chi connectivity index (χ3v) is 5.96. The number of anilines is 1. The average molecular weight is 361 g/mol. The quantitative estimate of drug-likeness (QED) is 0.809. The molecule has 0 aromatic heterocycles. The monoisotopic (exact) mass is 360 g/mol. The normalized spacial score (nSPS) is 18.9. The highest BCUT2D eigenvalue weighted by Crippen LogP contribution is 2.35. The van der Waals surface area contributed by atoms with Gasteiger partial charge in [0.1, 0.15) is 4.90 Å². The molecule has 2 rings (SSSR count). The minimum absolute atomic E-state index is 0.0616. The third-order valence-electron chi connectivity index (χ3n) is 4.01. The highest BCUT2D eigenvalue weighted by Gasteiger charge is 2.29. The number of nitrogens with two attached hydrogens (primary N) is 1. The van der Waals surface area contributed by atoms with Crippen molar-refractivity contribution in [2.24, 2.45) is 5.41 Å². The Morgan fingerprint density at radius 2 is 1.95 bits per heavy atom. The zero-order valence-electron chi connectivity index (χ0n) is 11.7. The largest absolute Gasteiger partial charge is 0.398 e. The van der Waals surface area contributed by atoms with E-state index in [1.54, 1.807) is 18.2 Å². The number of hydrogen-bond acceptors (Lipinski definition) is 3. The second kappa shape index (κ2) is 6.03. The van der Waals surface area contributed by atoms with Gasteiger partial charge in [-0.2, -0.15) is 0 Å². The van der Waals surface area contributed by atoms with E-state index < -0.39 is 10.0 Å². The van der Waals surface area contributed by atoms with Crippen molar-refractivity contribution in [3.63, 3.8) is 0 Å². The molecule has 0 amide bonds. The molecule has 4 nitrogen and oxygen atoms in total. The lowest BCUT2D eigenvalue weighted by atomic mass is 9.76. The van der Waals surface area contributed by atoms with Crippen LogP contribution < -0.4 is 10.5 Å². The molecule has 20 heavy (non-hydrogen) atoms. The van der Waals surface area contributed by atoms with E-state index in [0.29, 0.717) is 11.0 Å². The number of halogens is 1. The van der Waals surface area contributed by atoms with Crippen molar-refractivity contribution in [3.8, 4) is 0 Å². The topological polar surface area (TPSA) is 72.2 Å². The molecule has 0 unspecified atom stereocenters. The summed E-state index contributed by atoms with van der Waals surface area (Å²) in [4.78, 5) is 0.145. The first kappa shape index (κ1) is 15.8. The standard InChI is InChI=1S/C14H21BrN2O2S/c1-14(7-3-2-4-8-14)10-17-20(18,19)13-9-11(15)5-6-12(13)16/h5-6,9,17H,2-4,7-8,10,16H2,1H3. The minimum Gasteiger partial charge on any atom is -0.398 e. The summed E-state index contributed by atoms with van der Waals surface area (Å²) in [6.07, 6.45) is 5.75. The molecule has 1 aliphatic rings. The molecule has 6 heteroatoms. The van der Waals surface area contributed by atoms with Gasteiger partial charge < -0.3 is 5.73 Å². The van der Waals surface area contributed by atoms with Crippen LogP contribution in [-0.2, 0) is 10.0 Å². The number of benzene rings is 1. The molecule has 1 aromatic carbocycles. The van der Waals surface area contributed by atoms with Gasteiger partial charge in [0.05, 0.1) is 5.69 Å². The summed E-state index contributed by atoms with van der Waals surface area (Å²) in [5.74, 6) is 0. The first-order valence-corrected chi connectivity index (χ1v) is 9.15. The molecular formula is C14H21BrN2O2S. The summed E-state index contributed by atoms with van der Waals surface area (Å²) in [6.45, 7) is 2.63. The fraction of sp³-hybridized carbons (Fsp3) is 0.571. The predicted molar refractivity (Wildman–Crippen MR) is 84.9 cm³/mol. The number of nitrogens with one attached hydrogen (secondary N) is 1. The van der Waals surface area contributed by atoms with E-state index in [4.69, 9.17) is 5.73 Å². The van der Waals surface area contributed by atoms with E-state index in [1.807, 2.05) is 0 Å². The second-order valence-electron chi connectivity index (χ2n) is 5.88. The number of nitrogen functional groups attached to an aromatic ring is 1. The lowest BCUT2D eigenvalue weighted by molar-refractivity contribution is 0.219. The van der Waals surface area contributed by atoms with Crippen molar-refractivity contribution >= 4 is 31.6 Å². The first-order valence-electron chi connectivity index (χ1n) is 6.87. The molecule has 1 saturated carbocycles. The molecule has 0 atom stereocenters. The smallest absolute Gasteiger partial charge is 0.242 e. The van der Waals surface area contributed by atoms with Crippen LogP contribution in [0.25, 0.3) is 0 Å². The van der Waals surface area contributed by atoms with Gasteiger partial charge in [-0.15, -0.1) is 0 Å². The van der Waals surface area contributed by atoms with Gasteiger partial charge in [0, 0.05) is 11.0 Å². The summed E-state index contributed by atoms with van der Waals surface area (Å²) in [6, 6.07) is 4.87. The molecule has 0 bridgehead atoms. The number of rotatable bonds is 4. The van der Waals surface area contributed by atoms with E-state index in [0.717, 1.165) is 12.8 Å². The molecule has 1 aromatic rings. The van der Waals surface area contributed by atoms with Crippen molar-refractivity contribution in [3.05, 3.63) is 22.7 Å². The van der Waals surface area contributed by atoms with Crippen molar-refractivity contribution in [2.75, 3.05) is 12.3 Å². The molecular weight excluding hydrogens is 340 g/mol. The molecule has 1 aliphatic carbocycles. The van der Waals surface area contributed by atoms with Gasteiger partial charge >= 0.3 is 0 Å². The summed E-state index contributed by atoms with van der Waals surface area (Å²) < 4.78 is 28.2. The van der Waals surface area contributed by atoms with E-state index in [2.05, 4.69) is 27.6 Å². The van der Waals surface area contributed by atoms with Gasteiger partial charge in [-0.1, -0.05) is 42.1 Å². The summed E-state index contributed by atoms with van der Waals surface area (Å²) in [7, 11) is -3.56. The SMILES string of the molecule is CC1(CNS(=O)(=O)c2cc(Br)ccc2N)CCCCC1. The molecule has 0 spiro atoms. The average Bonchev–Trinajstić information content (AvgIpc) is 2.40. The maximum Gasteiger partial charge on any atom is 0.242 e. The highest BCUT2D eigenvalue weighted by molar-refractivity contribution is 9.10. The van der Waals surface area contributed by atoms with Crippen LogP contribution in [0, 0.1) is 5.41 Å². The number of hydrogen-bond donors (Lipinski definition) is 2. The van der Waals surface area contributed by atoms with E-state index in [-0.39, 0.29) is 16.0 Å². The Morgan fingerprint density at radius 1 is 1.30 bits per heavy atom. The molecule has 0 radical (unpaired) electrons. The van der Waals surface area contributed by atoms with Crippen LogP contribution >= 0.6 is 15.9 Å². The summed E-state index contributed by atoms with van der Waals surface area (Å²) >= 11 is 3.28. The second-order valence-corrected chi connectivity index (χ2v) is 8.53. The Balaban J connectivity index is 2.13. The Kier molecular flexibility index (Phi) is 4.76. The third kappa shape index (κ3) is 3.74. The van der Waals surface area contributed by atoms with E-state index in [1.165, 1.54) is 19.3 Å². The van der Waals surface area contributed by atoms with Crippen LogP contribution in [0.3, 0.4) is 0 Å². The molecule has 0 heterocycles. The molecule has 1 fully saturated rings. The lowest BCUT2D eigenvalue weighted by Crippen LogP contribution is -2.37. The van der Waals surface area contributed by atoms with Gasteiger partial charge in [0.15, 0.2) is 0 Å². The Bertz CT molecular complexity index is 581. The summed E-state index contributed by atoms with van der Waals surface area (Å²) in [5.41, 5.74) is 6.11. The van der Waals surface area contributed by atoms with Gasteiger partial charge in [-0.3, -0.25) is 0 Å². The van der Waals surface area contributed by atoms with Gasteiger partial charge in [0.25, 0.3) is 0 Å². The lowest BCUT2D eigenvalue weighted by Gasteiger charge is -2.33. The van der Waals surface area contributed by atoms with Crippen molar-refractivity contribution < 1.29 is 8.42 Å². The van der Waals surface area contributed by atoms with Crippen LogP contribution in [0.15, 0.2) is 27.6 Å². The fourth-order valence-electron chi connectivity index (χ4n) is 2.67. The highest BCUT2D eigenvalue weighted by atomic mass is 79.9. The molecule has 3 N–H and O–H groups in total. The fourth-order valence-corrected chi connectivity index (χ4v) is 4.54. The van der Waals surface area contributed by atoms with Crippen LogP contribution in [0.5, 0.6) is 0 Å². The maximum absolute atomic E-state index is 12.4. The zero-order valence-corrected chi connectivity index (χ0v) is 14.1. The van der Waals surface area contributed by atoms with Crippen molar-refractivity contribution in [2.45, 2.75) is 43.9 Å². The Morgan fingerprint density at radius 3 is 2.60 bits per heavy atom. The first-order chi connectivity index (χ1) is 9.32. The van der Waals surface area contributed by atoms with Crippen molar-refractivity contribution in [1.82, 2.24) is 4.72 Å². The van der Waals surface area contributed by atoms with Crippen LogP contribution in [0.1, 0.15) is 39.0 Å².